The van der Waals surface area contributed by atoms with E-state index in [0.717, 1.165) is 78.4 Å². The van der Waals surface area contributed by atoms with Crippen molar-refractivity contribution >= 4 is 40.0 Å². The van der Waals surface area contributed by atoms with Gasteiger partial charge in [-0.3, -0.25) is 0 Å². The summed E-state index contributed by atoms with van der Waals surface area (Å²) >= 11 is 0. The number of hydrogen-bond donors (Lipinski definition) is 2. The predicted molar refractivity (Wildman–Crippen MR) is 227 cm³/mol. The van der Waals surface area contributed by atoms with E-state index in [-0.39, 0.29) is 11.6 Å². The minimum Gasteiger partial charge on any atom is -0.381 e. The normalized spacial score (nSPS) is 11.4. The van der Waals surface area contributed by atoms with Gasteiger partial charge in [-0.05, 0) is 173 Å². The Morgan fingerprint density at radius 2 is 0.891 bits per heavy atom. The SMILES string of the molecule is Cc1cc(C)c(C)c(-c2ccc(N(c3c(C)c(C)c(-c4cnc(N)c(N)n4)c(C)c3C)c3c(C)c(C)c(-c4cnc5nccnc5n4)c(C)c3C)cc2)c1C. The van der Waals surface area contributed by atoms with Crippen LogP contribution in [0.2, 0.25) is 0 Å². The number of fused-ring (bicyclic) bond motifs is 1. The third-order valence-electron chi connectivity index (χ3n) is 11.9. The summed E-state index contributed by atoms with van der Waals surface area (Å²) in [7, 11) is 0. The predicted octanol–water partition coefficient (Wildman–Crippen LogP) is 10.5. The molecule has 0 aliphatic heterocycles. The minimum atomic E-state index is 0.229. The first kappa shape index (κ1) is 37.1. The third-order valence-corrected chi connectivity index (χ3v) is 11.9. The minimum absolute atomic E-state index is 0.229. The van der Waals surface area contributed by atoms with Gasteiger partial charge in [-0.15, -0.1) is 0 Å². The zero-order valence-corrected chi connectivity index (χ0v) is 34.0. The van der Waals surface area contributed by atoms with E-state index in [1.54, 1.807) is 18.6 Å². The average molecular weight is 728 g/mol. The summed E-state index contributed by atoms with van der Waals surface area (Å²) < 4.78 is 0. The molecule has 7 aromatic rings. The Morgan fingerprint density at radius 3 is 1.38 bits per heavy atom. The second-order valence-electron chi connectivity index (χ2n) is 14.9. The second-order valence-corrected chi connectivity index (χ2v) is 14.9. The monoisotopic (exact) mass is 727 g/mol. The summed E-state index contributed by atoms with van der Waals surface area (Å²) in [5, 5.41) is 0. The molecule has 4 N–H and O–H groups in total. The number of rotatable bonds is 6. The fourth-order valence-electron chi connectivity index (χ4n) is 8.23. The molecule has 0 amide bonds. The van der Waals surface area contributed by atoms with Gasteiger partial charge in [-0.2, -0.15) is 0 Å². The van der Waals surface area contributed by atoms with Crippen LogP contribution in [0.3, 0.4) is 0 Å². The lowest BCUT2D eigenvalue weighted by molar-refractivity contribution is 1.11. The first-order valence-electron chi connectivity index (χ1n) is 18.6. The third kappa shape index (κ3) is 6.04. The topological polar surface area (TPSA) is 133 Å². The van der Waals surface area contributed by atoms with Crippen LogP contribution in [0.5, 0.6) is 0 Å². The highest BCUT2D eigenvalue weighted by molar-refractivity contribution is 5.91. The Balaban J connectivity index is 1.50. The molecule has 9 nitrogen and oxygen atoms in total. The summed E-state index contributed by atoms with van der Waals surface area (Å²) in [6.07, 6.45) is 6.82. The Hall–Kier alpha value is -6.22. The van der Waals surface area contributed by atoms with Gasteiger partial charge >= 0.3 is 0 Å². The summed E-state index contributed by atoms with van der Waals surface area (Å²) in [5.74, 6) is 0.458. The van der Waals surface area contributed by atoms with Gasteiger partial charge < -0.3 is 16.4 Å². The van der Waals surface area contributed by atoms with Crippen LogP contribution in [0.1, 0.15) is 66.8 Å². The molecule has 0 spiro atoms. The first-order valence-corrected chi connectivity index (χ1v) is 18.6. The molecule has 278 valence electrons. The van der Waals surface area contributed by atoms with Crippen molar-refractivity contribution in [3.8, 4) is 33.6 Å². The van der Waals surface area contributed by atoms with Gasteiger partial charge in [0.05, 0.1) is 35.2 Å². The largest absolute Gasteiger partial charge is 0.381 e. The maximum atomic E-state index is 6.17. The van der Waals surface area contributed by atoms with Gasteiger partial charge in [-0.1, -0.05) is 18.2 Å². The molecular weight excluding hydrogens is 679 g/mol. The van der Waals surface area contributed by atoms with E-state index in [9.17, 15) is 0 Å². The molecule has 55 heavy (non-hydrogen) atoms. The maximum Gasteiger partial charge on any atom is 0.198 e. The number of nitrogens with two attached hydrogens (primary N) is 2. The van der Waals surface area contributed by atoms with Crippen molar-refractivity contribution in [3.05, 3.63) is 122 Å². The average Bonchev–Trinajstić information content (AvgIpc) is 3.17. The zero-order valence-electron chi connectivity index (χ0n) is 34.0. The van der Waals surface area contributed by atoms with Crippen molar-refractivity contribution in [2.45, 2.75) is 83.1 Å². The molecule has 0 bridgehead atoms. The van der Waals surface area contributed by atoms with E-state index >= 15 is 0 Å². The van der Waals surface area contributed by atoms with Crippen molar-refractivity contribution < 1.29 is 0 Å². The van der Waals surface area contributed by atoms with Crippen LogP contribution in [-0.4, -0.2) is 29.9 Å². The van der Waals surface area contributed by atoms with Crippen molar-refractivity contribution in [3.63, 3.8) is 0 Å². The lowest BCUT2D eigenvalue weighted by Crippen LogP contribution is -2.19. The Labute approximate surface area is 324 Å². The number of benzene rings is 4. The van der Waals surface area contributed by atoms with Crippen LogP contribution in [0.15, 0.2) is 55.1 Å². The summed E-state index contributed by atoms with van der Waals surface area (Å²) in [5.41, 5.74) is 36.9. The molecule has 0 saturated carbocycles. The fourth-order valence-corrected chi connectivity index (χ4v) is 8.23. The zero-order chi connectivity index (χ0) is 39.6. The van der Waals surface area contributed by atoms with E-state index in [2.05, 4.69) is 143 Å². The van der Waals surface area contributed by atoms with Crippen molar-refractivity contribution in [1.29, 1.82) is 0 Å². The van der Waals surface area contributed by atoms with E-state index in [4.69, 9.17) is 16.5 Å². The van der Waals surface area contributed by atoms with Crippen LogP contribution in [0.25, 0.3) is 44.9 Å². The molecule has 0 saturated heterocycles. The van der Waals surface area contributed by atoms with Gasteiger partial charge in [0.25, 0.3) is 0 Å². The summed E-state index contributed by atoms with van der Waals surface area (Å²) in [4.78, 5) is 29.8. The van der Waals surface area contributed by atoms with Crippen LogP contribution < -0.4 is 16.4 Å². The Morgan fingerprint density at radius 1 is 0.436 bits per heavy atom. The quantitative estimate of drug-likeness (QED) is 0.172. The standard InChI is InChI=1S/C46H49N9/c1-22-19-23(2)25(4)38(24(22)3)34-13-15-35(16-14-34)55(41-30(9)26(5)39(27(6)31(41)10)36-20-51-43(47)44(48)53-36)42-32(11)28(7)40(29(8)33(42)12)37-21-52-45-46(54-37)50-18-17-49-45/h13-21H,1-12H3,(H2,47,51)(H2,48,53). The number of nitrogens with zero attached hydrogens (tertiary/aromatic N) is 7. The van der Waals surface area contributed by atoms with Crippen molar-refractivity contribution in [2.24, 2.45) is 0 Å². The fraction of sp³-hybridized carbons (Fsp3) is 0.261. The number of aryl methyl sites for hydroxylation is 2. The molecule has 3 aromatic heterocycles. The highest BCUT2D eigenvalue weighted by Gasteiger charge is 2.28. The van der Waals surface area contributed by atoms with Crippen LogP contribution in [0, 0.1) is 83.1 Å². The van der Waals surface area contributed by atoms with E-state index in [1.165, 1.54) is 33.4 Å². The van der Waals surface area contributed by atoms with Crippen LogP contribution >= 0.6 is 0 Å². The molecular formula is C46H49N9. The smallest absolute Gasteiger partial charge is 0.198 e. The van der Waals surface area contributed by atoms with Gasteiger partial charge in [0.15, 0.2) is 22.9 Å². The Bertz CT molecular complexity index is 2610. The second kappa shape index (κ2) is 13.9. The van der Waals surface area contributed by atoms with Gasteiger partial charge in [0.1, 0.15) is 0 Å². The van der Waals surface area contributed by atoms with Gasteiger partial charge in [0.2, 0.25) is 0 Å². The first-order chi connectivity index (χ1) is 26.1. The highest BCUT2D eigenvalue weighted by atomic mass is 15.2. The van der Waals surface area contributed by atoms with Crippen molar-refractivity contribution in [2.75, 3.05) is 16.4 Å². The number of anilines is 5. The van der Waals surface area contributed by atoms with E-state index in [1.807, 2.05) is 6.20 Å². The molecule has 4 aromatic carbocycles. The molecule has 7 rings (SSSR count). The van der Waals surface area contributed by atoms with Crippen molar-refractivity contribution in [1.82, 2.24) is 29.9 Å². The summed E-state index contributed by atoms with van der Waals surface area (Å²) in [6.45, 7) is 26.3. The van der Waals surface area contributed by atoms with Gasteiger partial charge in [-0.25, -0.2) is 29.9 Å². The molecule has 0 radical (unpaired) electrons. The van der Waals surface area contributed by atoms with Crippen LogP contribution in [0.4, 0.5) is 28.7 Å². The summed E-state index contributed by atoms with van der Waals surface area (Å²) in [6, 6.07) is 11.4. The molecule has 9 heteroatoms. The molecule has 0 aliphatic rings. The van der Waals surface area contributed by atoms with E-state index in [0.29, 0.717) is 17.0 Å². The molecule has 3 heterocycles. The lowest BCUT2D eigenvalue weighted by atomic mass is 9.86. The Kier molecular flexibility index (Phi) is 9.37. The molecule has 0 atom stereocenters. The number of nitrogen functional groups attached to an aromatic ring is 2. The lowest BCUT2D eigenvalue weighted by Gasteiger charge is -2.35. The van der Waals surface area contributed by atoms with Gasteiger partial charge in [0, 0.05) is 29.2 Å². The molecule has 0 fully saturated rings. The van der Waals surface area contributed by atoms with E-state index < -0.39 is 0 Å². The maximum absolute atomic E-state index is 6.17. The number of aromatic nitrogens is 6. The molecule has 0 aliphatic carbocycles. The molecule has 0 unspecified atom stereocenters. The highest BCUT2D eigenvalue weighted by Crippen LogP contribution is 2.49. The number of hydrogen-bond acceptors (Lipinski definition) is 9. The van der Waals surface area contributed by atoms with Crippen LogP contribution in [-0.2, 0) is 0 Å².